The van der Waals surface area contributed by atoms with Gasteiger partial charge < -0.3 is 14.3 Å². The minimum absolute atomic E-state index is 0.0101. The molecule has 1 aliphatic heterocycles. The van der Waals surface area contributed by atoms with Crippen molar-refractivity contribution in [2.75, 3.05) is 20.1 Å². The van der Waals surface area contributed by atoms with Crippen molar-refractivity contribution in [2.45, 2.75) is 25.3 Å². The largest absolute Gasteiger partial charge is 0.350 e. The number of amides is 2. The zero-order valence-corrected chi connectivity index (χ0v) is 21.2. The first-order valence-corrected chi connectivity index (χ1v) is 12.6. The number of carbonyl (C=O) groups is 2. The highest BCUT2D eigenvalue weighted by atomic mass is 16.5. The van der Waals surface area contributed by atoms with E-state index in [9.17, 15) is 9.59 Å². The molecular formula is C29H31N5O3. The van der Waals surface area contributed by atoms with Crippen LogP contribution in [0.3, 0.4) is 0 Å². The lowest BCUT2D eigenvalue weighted by Gasteiger charge is -2.39. The summed E-state index contributed by atoms with van der Waals surface area (Å²) in [6.07, 6.45) is 4.12. The van der Waals surface area contributed by atoms with Crippen LogP contribution in [0.5, 0.6) is 0 Å². The smallest absolute Gasteiger partial charge is 0.292 e. The van der Waals surface area contributed by atoms with Gasteiger partial charge in [0.05, 0.1) is 0 Å². The van der Waals surface area contributed by atoms with Crippen molar-refractivity contribution >= 4 is 11.8 Å². The van der Waals surface area contributed by atoms with E-state index in [1.807, 2.05) is 72.4 Å². The van der Waals surface area contributed by atoms with Gasteiger partial charge in [0.1, 0.15) is 11.4 Å². The van der Waals surface area contributed by atoms with Crippen molar-refractivity contribution in [1.29, 1.82) is 0 Å². The Balaban J connectivity index is 1.28. The molecule has 1 aliphatic rings. The number of hydrogen-bond acceptors (Lipinski definition) is 5. The molecule has 8 nitrogen and oxygen atoms in total. The molecule has 0 radical (unpaired) electrons. The van der Waals surface area contributed by atoms with Gasteiger partial charge in [-0.3, -0.25) is 14.3 Å². The third kappa shape index (κ3) is 5.48. The molecule has 0 unspecified atom stereocenters. The molecule has 2 amide bonds. The topological polar surface area (TPSA) is 84.5 Å². The van der Waals surface area contributed by atoms with Crippen molar-refractivity contribution in [3.63, 3.8) is 0 Å². The highest BCUT2D eigenvalue weighted by Crippen LogP contribution is 2.28. The van der Waals surface area contributed by atoms with Crippen molar-refractivity contribution < 1.29 is 14.1 Å². The van der Waals surface area contributed by atoms with Crippen molar-refractivity contribution in [2.24, 2.45) is 13.0 Å². The van der Waals surface area contributed by atoms with Crippen LogP contribution < -0.4 is 0 Å². The SMILES string of the molecule is CN(C(=O)c1ccn(C)n1)[C@H](Cc1ccccc1)C1CCN(C(=O)c2cc(-c3ccccc3)no2)CC1. The van der Waals surface area contributed by atoms with Gasteiger partial charge >= 0.3 is 0 Å². The number of hydrogen-bond donors (Lipinski definition) is 0. The fourth-order valence-corrected chi connectivity index (χ4v) is 5.10. The standard InChI is InChI=1S/C29H31N5O3/c1-32-16-15-24(30-32)28(35)33(2)26(19-21-9-5-3-6-10-21)23-13-17-34(18-14-23)29(36)27-20-25(31-37-27)22-11-7-4-8-12-22/h3-12,15-16,20,23,26H,13-14,17-19H2,1-2H3/t26-/m1/s1. The fraction of sp³-hybridized carbons (Fsp3) is 0.310. The predicted molar refractivity (Wildman–Crippen MR) is 140 cm³/mol. The molecule has 190 valence electrons. The Morgan fingerprint density at radius 2 is 1.70 bits per heavy atom. The summed E-state index contributed by atoms with van der Waals surface area (Å²) in [6, 6.07) is 23.4. The Morgan fingerprint density at radius 3 is 2.35 bits per heavy atom. The van der Waals surface area contributed by atoms with Gasteiger partial charge in [0.25, 0.3) is 11.8 Å². The number of piperidine rings is 1. The van der Waals surface area contributed by atoms with E-state index < -0.39 is 0 Å². The molecule has 3 heterocycles. The maximum atomic E-state index is 13.3. The number of rotatable bonds is 7. The molecule has 0 bridgehead atoms. The lowest BCUT2D eigenvalue weighted by Crippen LogP contribution is -2.48. The Morgan fingerprint density at radius 1 is 1.03 bits per heavy atom. The predicted octanol–water partition coefficient (Wildman–Crippen LogP) is 4.31. The second-order valence-electron chi connectivity index (χ2n) is 9.62. The first-order valence-electron chi connectivity index (χ1n) is 12.6. The average Bonchev–Trinajstić information content (AvgIpc) is 3.61. The summed E-state index contributed by atoms with van der Waals surface area (Å²) < 4.78 is 7.05. The van der Waals surface area contributed by atoms with E-state index >= 15 is 0 Å². The van der Waals surface area contributed by atoms with Crippen LogP contribution in [0.25, 0.3) is 11.3 Å². The van der Waals surface area contributed by atoms with Crippen molar-refractivity contribution in [3.05, 3.63) is 96.0 Å². The van der Waals surface area contributed by atoms with Crippen LogP contribution in [0.15, 0.2) is 83.5 Å². The van der Waals surface area contributed by atoms with Crippen molar-refractivity contribution in [3.8, 4) is 11.3 Å². The zero-order valence-electron chi connectivity index (χ0n) is 21.2. The van der Waals surface area contributed by atoms with Crippen LogP contribution in [0.4, 0.5) is 0 Å². The van der Waals surface area contributed by atoms with E-state index in [2.05, 4.69) is 22.4 Å². The summed E-state index contributed by atoms with van der Waals surface area (Å²) >= 11 is 0. The van der Waals surface area contributed by atoms with E-state index in [1.165, 1.54) is 5.56 Å². The van der Waals surface area contributed by atoms with Crippen LogP contribution in [0, 0.1) is 5.92 Å². The molecular weight excluding hydrogens is 466 g/mol. The third-order valence-electron chi connectivity index (χ3n) is 7.20. The molecule has 4 aromatic rings. The maximum absolute atomic E-state index is 13.3. The number of likely N-dealkylation sites (tertiary alicyclic amines) is 1. The van der Waals surface area contributed by atoms with E-state index in [0.717, 1.165) is 24.8 Å². The Hall–Kier alpha value is -4.20. The van der Waals surface area contributed by atoms with E-state index in [-0.39, 0.29) is 29.5 Å². The summed E-state index contributed by atoms with van der Waals surface area (Å²) in [6.45, 7) is 1.20. The minimum atomic E-state index is -0.148. The summed E-state index contributed by atoms with van der Waals surface area (Å²) in [7, 11) is 3.67. The molecule has 0 spiro atoms. The van der Waals surface area contributed by atoms with Gasteiger partial charge in [0, 0.05) is 51.1 Å². The Bertz CT molecular complexity index is 1340. The van der Waals surface area contributed by atoms with Crippen LogP contribution >= 0.6 is 0 Å². The second kappa shape index (κ2) is 10.8. The highest BCUT2D eigenvalue weighted by Gasteiger charge is 2.34. The van der Waals surface area contributed by atoms with Gasteiger partial charge in [-0.2, -0.15) is 5.10 Å². The summed E-state index contributed by atoms with van der Waals surface area (Å²) in [5.74, 6) is 0.262. The monoisotopic (exact) mass is 497 g/mol. The molecule has 1 fully saturated rings. The normalized spacial score (nSPS) is 14.9. The first-order chi connectivity index (χ1) is 18.0. The third-order valence-corrected chi connectivity index (χ3v) is 7.20. The molecule has 2 aromatic carbocycles. The van der Waals surface area contributed by atoms with Gasteiger partial charge in [0.15, 0.2) is 0 Å². The minimum Gasteiger partial charge on any atom is -0.350 e. The zero-order chi connectivity index (χ0) is 25.8. The molecule has 1 saturated heterocycles. The number of likely N-dealkylation sites (N-methyl/N-ethyl adjacent to an activating group) is 1. The second-order valence-corrected chi connectivity index (χ2v) is 9.62. The van der Waals surface area contributed by atoms with Gasteiger partial charge in [-0.05, 0) is 36.8 Å². The highest BCUT2D eigenvalue weighted by molar-refractivity contribution is 5.93. The van der Waals surface area contributed by atoms with Gasteiger partial charge in [-0.15, -0.1) is 0 Å². The molecule has 0 N–H and O–H groups in total. The average molecular weight is 498 g/mol. The lowest BCUT2D eigenvalue weighted by atomic mass is 9.84. The first kappa shape index (κ1) is 24.5. The number of nitrogens with zero attached hydrogens (tertiary/aromatic N) is 5. The molecule has 2 aromatic heterocycles. The van der Waals surface area contributed by atoms with E-state index in [1.54, 1.807) is 23.0 Å². The number of carbonyl (C=O) groups excluding carboxylic acids is 2. The van der Waals surface area contributed by atoms with Gasteiger partial charge in [0.2, 0.25) is 5.76 Å². The summed E-state index contributed by atoms with van der Waals surface area (Å²) in [5, 5.41) is 8.41. The quantitative estimate of drug-likeness (QED) is 0.380. The Labute approximate surface area is 216 Å². The molecule has 37 heavy (non-hydrogen) atoms. The summed E-state index contributed by atoms with van der Waals surface area (Å²) in [4.78, 5) is 30.1. The number of aryl methyl sites for hydroxylation is 1. The number of benzene rings is 2. The molecule has 0 aliphatic carbocycles. The molecule has 5 rings (SSSR count). The van der Waals surface area contributed by atoms with E-state index in [0.29, 0.717) is 24.5 Å². The van der Waals surface area contributed by atoms with Crippen LogP contribution in [-0.4, -0.2) is 62.7 Å². The number of aromatic nitrogens is 3. The van der Waals surface area contributed by atoms with Gasteiger partial charge in [-0.25, -0.2) is 0 Å². The molecule has 8 heteroatoms. The molecule has 0 saturated carbocycles. The van der Waals surface area contributed by atoms with Gasteiger partial charge in [-0.1, -0.05) is 65.8 Å². The van der Waals surface area contributed by atoms with E-state index in [4.69, 9.17) is 4.52 Å². The molecule has 1 atom stereocenters. The van der Waals surface area contributed by atoms with Crippen LogP contribution in [-0.2, 0) is 13.5 Å². The van der Waals surface area contributed by atoms with Crippen LogP contribution in [0.2, 0.25) is 0 Å². The lowest BCUT2D eigenvalue weighted by molar-refractivity contribution is 0.0500. The summed E-state index contributed by atoms with van der Waals surface area (Å²) in [5.41, 5.74) is 3.18. The fourth-order valence-electron chi connectivity index (χ4n) is 5.10. The Kier molecular flexibility index (Phi) is 7.16. The van der Waals surface area contributed by atoms with Crippen LogP contribution in [0.1, 0.15) is 39.4 Å². The van der Waals surface area contributed by atoms with Crippen molar-refractivity contribution in [1.82, 2.24) is 24.7 Å². The maximum Gasteiger partial charge on any atom is 0.292 e.